The SMILES string of the molecule is Cc1ccc(Nc2ccc(NCc3ccccc3)nn2)cc1Cl. The van der Waals surface area contributed by atoms with E-state index < -0.39 is 0 Å². The van der Waals surface area contributed by atoms with Gasteiger partial charge in [-0.25, -0.2) is 0 Å². The van der Waals surface area contributed by atoms with Crippen LogP contribution in [0, 0.1) is 6.92 Å². The molecule has 0 atom stereocenters. The lowest BCUT2D eigenvalue weighted by atomic mass is 10.2. The lowest BCUT2D eigenvalue weighted by Gasteiger charge is -2.08. The Hall–Kier alpha value is -2.59. The molecule has 1 heterocycles. The summed E-state index contributed by atoms with van der Waals surface area (Å²) >= 11 is 6.12. The molecule has 0 amide bonds. The highest BCUT2D eigenvalue weighted by atomic mass is 35.5. The van der Waals surface area contributed by atoms with Crippen LogP contribution in [0.1, 0.15) is 11.1 Å². The molecular weight excluding hydrogens is 308 g/mol. The molecule has 0 aliphatic carbocycles. The van der Waals surface area contributed by atoms with Crippen molar-refractivity contribution in [3.8, 4) is 0 Å². The lowest BCUT2D eigenvalue weighted by Crippen LogP contribution is -2.03. The van der Waals surface area contributed by atoms with Crippen LogP contribution < -0.4 is 10.6 Å². The lowest BCUT2D eigenvalue weighted by molar-refractivity contribution is 1.00. The molecule has 3 rings (SSSR count). The van der Waals surface area contributed by atoms with Gasteiger partial charge < -0.3 is 10.6 Å². The van der Waals surface area contributed by atoms with Gasteiger partial charge >= 0.3 is 0 Å². The van der Waals surface area contributed by atoms with Crippen molar-refractivity contribution in [1.29, 1.82) is 0 Å². The predicted molar refractivity (Wildman–Crippen MR) is 95.3 cm³/mol. The van der Waals surface area contributed by atoms with Crippen LogP contribution in [0.25, 0.3) is 0 Å². The van der Waals surface area contributed by atoms with Gasteiger partial charge in [-0.3, -0.25) is 0 Å². The Morgan fingerprint density at radius 3 is 2.35 bits per heavy atom. The molecule has 0 fully saturated rings. The van der Waals surface area contributed by atoms with Crippen LogP contribution in [0.2, 0.25) is 5.02 Å². The number of aromatic nitrogens is 2. The van der Waals surface area contributed by atoms with Gasteiger partial charge in [0.1, 0.15) is 5.82 Å². The van der Waals surface area contributed by atoms with Crippen molar-refractivity contribution in [3.05, 3.63) is 76.8 Å². The molecule has 0 radical (unpaired) electrons. The van der Waals surface area contributed by atoms with Crippen LogP contribution in [-0.4, -0.2) is 10.2 Å². The normalized spacial score (nSPS) is 10.3. The van der Waals surface area contributed by atoms with E-state index >= 15 is 0 Å². The van der Waals surface area contributed by atoms with Crippen molar-refractivity contribution in [2.45, 2.75) is 13.5 Å². The van der Waals surface area contributed by atoms with Crippen LogP contribution in [-0.2, 0) is 6.54 Å². The van der Waals surface area contributed by atoms with E-state index in [1.165, 1.54) is 5.56 Å². The largest absolute Gasteiger partial charge is 0.365 e. The van der Waals surface area contributed by atoms with Crippen molar-refractivity contribution in [3.63, 3.8) is 0 Å². The van der Waals surface area contributed by atoms with E-state index in [1.807, 2.05) is 55.5 Å². The number of benzene rings is 2. The van der Waals surface area contributed by atoms with Crippen LogP contribution >= 0.6 is 11.6 Å². The maximum atomic E-state index is 6.12. The third-order valence-corrected chi connectivity index (χ3v) is 3.83. The third-order valence-electron chi connectivity index (χ3n) is 3.43. The Morgan fingerprint density at radius 1 is 0.913 bits per heavy atom. The van der Waals surface area contributed by atoms with E-state index in [-0.39, 0.29) is 0 Å². The van der Waals surface area contributed by atoms with Gasteiger partial charge in [0.2, 0.25) is 0 Å². The van der Waals surface area contributed by atoms with Gasteiger partial charge in [0.05, 0.1) is 0 Å². The summed E-state index contributed by atoms with van der Waals surface area (Å²) in [5.41, 5.74) is 3.13. The van der Waals surface area contributed by atoms with Crippen molar-refractivity contribution in [2.24, 2.45) is 0 Å². The molecule has 1 aromatic heterocycles. The van der Waals surface area contributed by atoms with E-state index in [0.29, 0.717) is 5.82 Å². The van der Waals surface area contributed by atoms with Gasteiger partial charge in [0.25, 0.3) is 0 Å². The van der Waals surface area contributed by atoms with Crippen LogP contribution in [0.5, 0.6) is 0 Å². The molecule has 0 aliphatic rings. The van der Waals surface area contributed by atoms with E-state index in [9.17, 15) is 0 Å². The number of anilines is 3. The van der Waals surface area contributed by atoms with Crippen molar-refractivity contribution < 1.29 is 0 Å². The molecule has 0 bridgehead atoms. The topological polar surface area (TPSA) is 49.8 Å². The second-order valence-electron chi connectivity index (χ2n) is 5.23. The molecule has 0 saturated heterocycles. The quantitative estimate of drug-likeness (QED) is 0.708. The molecule has 0 aliphatic heterocycles. The van der Waals surface area contributed by atoms with Crippen LogP contribution in [0.3, 0.4) is 0 Å². The van der Waals surface area contributed by atoms with Gasteiger partial charge in [0.15, 0.2) is 5.82 Å². The molecule has 3 aromatic rings. The zero-order valence-electron chi connectivity index (χ0n) is 12.8. The smallest absolute Gasteiger partial charge is 0.153 e. The van der Waals surface area contributed by atoms with Gasteiger partial charge in [-0.1, -0.05) is 48.0 Å². The number of nitrogens with zero attached hydrogens (tertiary/aromatic N) is 2. The number of halogens is 1. The fraction of sp³-hybridized carbons (Fsp3) is 0.111. The highest BCUT2D eigenvalue weighted by Gasteiger charge is 2.01. The number of hydrogen-bond acceptors (Lipinski definition) is 4. The highest BCUT2D eigenvalue weighted by molar-refractivity contribution is 6.31. The van der Waals surface area contributed by atoms with Crippen LogP contribution in [0.15, 0.2) is 60.7 Å². The summed E-state index contributed by atoms with van der Waals surface area (Å²) in [5.74, 6) is 1.41. The van der Waals surface area contributed by atoms with E-state index in [0.717, 1.165) is 28.6 Å². The summed E-state index contributed by atoms with van der Waals surface area (Å²) in [7, 11) is 0. The summed E-state index contributed by atoms with van der Waals surface area (Å²) in [6, 6.07) is 19.8. The zero-order valence-corrected chi connectivity index (χ0v) is 13.5. The molecule has 0 saturated carbocycles. The maximum absolute atomic E-state index is 6.12. The van der Waals surface area contributed by atoms with Crippen molar-refractivity contribution in [1.82, 2.24) is 10.2 Å². The highest BCUT2D eigenvalue weighted by Crippen LogP contribution is 2.22. The van der Waals surface area contributed by atoms with E-state index in [2.05, 4.69) is 33.0 Å². The fourth-order valence-electron chi connectivity index (χ4n) is 2.10. The summed E-state index contributed by atoms with van der Waals surface area (Å²) in [4.78, 5) is 0. The molecule has 4 nitrogen and oxygen atoms in total. The minimum atomic E-state index is 0.676. The maximum Gasteiger partial charge on any atom is 0.153 e. The van der Waals surface area contributed by atoms with Gasteiger partial charge in [-0.15, -0.1) is 10.2 Å². The number of aryl methyl sites for hydroxylation is 1. The molecule has 0 spiro atoms. The van der Waals surface area contributed by atoms with Crippen molar-refractivity contribution >= 4 is 28.9 Å². The standard InChI is InChI=1S/C18H17ClN4/c1-13-7-8-15(11-16(13)19)21-18-10-9-17(22-23-18)20-12-14-5-3-2-4-6-14/h2-11H,12H2,1H3,(H,20,22)(H,21,23). The van der Waals surface area contributed by atoms with E-state index in [1.54, 1.807) is 0 Å². The summed E-state index contributed by atoms with van der Waals surface area (Å²) < 4.78 is 0. The first kappa shape index (κ1) is 15.3. The molecule has 5 heteroatoms. The summed E-state index contributed by atoms with van der Waals surface area (Å²) in [6.07, 6.45) is 0. The molecule has 116 valence electrons. The van der Waals surface area contributed by atoms with Crippen LogP contribution in [0.4, 0.5) is 17.3 Å². The summed E-state index contributed by atoms with van der Waals surface area (Å²) in [5, 5.41) is 15.5. The second kappa shape index (κ2) is 7.11. The first-order valence-corrected chi connectivity index (χ1v) is 7.73. The summed E-state index contributed by atoms with van der Waals surface area (Å²) in [6.45, 7) is 2.69. The third kappa shape index (κ3) is 4.20. The Bertz CT molecular complexity index is 773. The molecule has 0 unspecified atom stereocenters. The fourth-order valence-corrected chi connectivity index (χ4v) is 2.28. The molecule has 2 N–H and O–H groups in total. The van der Waals surface area contributed by atoms with Crippen molar-refractivity contribution in [2.75, 3.05) is 10.6 Å². The van der Waals surface area contributed by atoms with Gasteiger partial charge in [-0.2, -0.15) is 0 Å². The first-order chi connectivity index (χ1) is 11.2. The Labute approximate surface area is 140 Å². The zero-order chi connectivity index (χ0) is 16.1. The molecule has 2 aromatic carbocycles. The Kier molecular flexibility index (Phi) is 4.74. The molecule has 23 heavy (non-hydrogen) atoms. The Balaban J connectivity index is 1.61. The number of hydrogen-bond donors (Lipinski definition) is 2. The average molecular weight is 325 g/mol. The average Bonchev–Trinajstić information content (AvgIpc) is 2.58. The number of rotatable bonds is 5. The minimum Gasteiger partial charge on any atom is -0.365 e. The predicted octanol–water partition coefficient (Wildman–Crippen LogP) is 4.79. The minimum absolute atomic E-state index is 0.676. The molecular formula is C18H17ClN4. The van der Waals surface area contributed by atoms with Gasteiger partial charge in [-0.05, 0) is 42.3 Å². The first-order valence-electron chi connectivity index (χ1n) is 7.35. The van der Waals surface area contributed by atoms with Gasteiger partial charge in [0, 0.05) is 17.3 Å². The second-order valence-corrected chi connectivity index (χ2v) is 5.64. The monoisotopic (exact) mass is 324 g/mol. The Morgan fingerprint density at radius 2 is 1.65 bits per heavy atom. The van der Waals surface area contributed by atoms with E-state index in [4.69, 9.17) is 11.6 Å². The number of nitrogens with one attached hydrogen (secondary N) is 2.